The first-order chi connectivity index (χ1) is 8.81. The lowest BCUT2D eigenvalue weighted by Crippen LogP contribution is -1.93. The average Bonchev–Trinajstić information content (AvgIpc) is 3.02. The molecule has 0 bridgehead atoms. The molecule has 0 atom stereocenters. The van der Waals surface area contributed by atoms with Gasteiger partial charge in [-0.1, -0.05) is 0 Å². The SMILES string of the molecule is Nc1ccc(Nc2nc(-c3nccs3)cs2)cn1. The van der Waals surface area contributed by atoms with Crippen LogP contribution in [0.5, 0.6) is 0 Å². The zero-order valence-electron chi connectivity index (χ0n) is 9.20. The topological polar surface area (TPSA) is 76.7 Å². The fraction of sp³-hybridized carbons (Fsp3) is 0. The highest BCUT2D eigenvalue weighted by atomic mass is 32.1. The standard InChI is InChI=1S/C11H9N5S2/c12-9-2-1-7(5-14-9)15-11-16-8(6-18-11)10-13-3-4-17-10/h1-6H,(H2,12,14)(H,15,16). The van der Waals surface area contributed by atoms with Crippen LogP contribution >= 0.6 is 22.7 Å². The summed E-state index contributed by atoms with van der Waals surface area (Å²) in [6.07, 6.45) is 3.45. The van der Waals surface area contributed by atoms with Crippen molar-refractivity contribution in [2.45, 2.75) is 0 Å². The van der Waals surface area contributed by atoms with E-state index in [0.717, 1.165) is 21.5 Å². The minimum absolute atomic E-state index is 0.503. The van der Waals surface area contributed by atoms with Crippen LogP contribution < -0.4 is 11.1 Å². The molecule has 3 rings (SSSR count). The van der Waals surface area contributed by atoms with Crippen LogP contribution in [0.15, 0.2) is 35.3 Å². The Morgan fingerprint density at radius 2 is 2.11 bits per heavy atom. The van der Waals surface area contributed by atoms with Gasteiger partial charge in [-0.15, -0.1) is 22.7 Å². The Labute approximate surface area is 111 Å². The molecule has 0 aromatic carbocycles. The lowest BCUT2D eigenvalue weighted by molar-refractivity contribution is 1.31. The number of pyridine rings is 1. The number of thiazole rings is 2. The van der Waals surface area contributed by atoms with Crippen LogP contribution in [0.25, 0.3) is 10.7 Å². The van der Waals surface area contributed by atoms with Crippen LogP contribution in [0.2, 0.25) is 0 Å². The summed E-state index contributed by atoms with van der Waals surface area (Å²) in [5.74, 6) is 0.503. The lowest BCUT2D eigenvalue weighted by Gasteiger charge is -2.01. The van der Waals surface area contributed by atoms with Gasteiger partial charge in [0.25, 0.3) is 0 Å². The van der Waals surface area contributed by atoms with Gasteiger partial charge in [-0.3, -0.25) is 0 Å². The summed E-state index contributed by atoms with van der Waals surface area (Å²) in [5, 5.41) is 8.83. The van der Waals surface area contributed by atoms with Gasteiger partial charge in [-0.2, -0.15) is 0 Å². The van der Waals surface area contributed by atoms with E-state index in [-0.39, 0.29) is 0 Å². The molecule has 0 spiro atoms. The predicted molar refractivity (Wildman–Crippen MR) is 75.2 cm³/mol. The van der Waals surface area contributed by atoms with Crippen molar-refractivity contribution in [3.63, 3.8) is 0 Å². The summed E-state index contributed by atoms with van der Waals surface area (Å²) in [7, 11) is 0. The molecule has 0 fully saturated rings. The van der Waals surface area contributed by atoms with Gasteiger partial charge >= 0.3 is 0 Å². The van der Waals surface area contributed by atoms with Crippen LogP contribution in [0.3, 0.4) is 0 Å². The second-order valence-electron chi connectivity index (χ2n) is 3.47. The van der Waals surface area contributed by atoms with Crippen molar-refractivity contribution in [3.05, 3.63) is 35.3 Å². The number of nitrogens with two attached hydrogens (primary N) is 1. The maximum atomic E-state index is 5.53. The maximum absolute atomic E-state index is 5.53. The monoisotopic (exact) mass is 275 g/mol. The minimum Gasteiger partial charge on any atom is -0.384 e. The molecular weight excluding hydrogens is 266 g/mol. The summed E-state index contributed by atoms with van der Waals surface area (Å²) in [5.41, 5.74) is 7.28. The molecule has 0 aliphatic rings. The van der Waals surface area contributed by atoms with Crippen molar-refractivity contribution < 1.29 is 0 Å². The smallest absolute Gasteiger partial charge is 0.187 e. The third-order valence-electron chi connectivity index (χ3n) is 2.19. The summed E-state index contributed by atoms with van der Waals surface area (Å²) < 4.78 is 0. The van der Waals surface area contributed by atoms with Crippen LogP contribution in [-0.4, -0.2) is 15.0 Å². The van der Waals surface area contributed by atoms with E-state index < -0.39 is 0 Å². The van der Waals surface area contributed by atoms with E-state index in [1.807, 2.05) is 16.8 Å². The van der Waals surface area contributed by atoms with Crippen molar-refractivity contribution in [1.29, 1.82) is 0 Å². The van der Waals surface area contributed by atoms with Gasteiger partial charge in [-0.25, -0.2) is 15.0 Å². The van der Waals surface area contributed by atoms with E-state index in [2.05, 4.69) is 20.3 Å². The number of nitrogens with one attached hydrogen (secondary N) is 1. The van der Waals surface area contributed by atoms with Gasteiger partial charge in [0.2, 0.25) is 0 Å². The summed E-state index contributed by atoms with van der Waals surface area (Å²) in [6, 6.07) is 3.62. The van der Waals surface area contributed by atoms with Gasteiger partial charge in [0.05, 0.1) is 11.9 Å². The lowest BCUT2D eigenvalue weighted by atomic mass is 10.4. The Morgan fingerprint density at radius 3 is 2.83 bits per heavy atom. The Morgan fingerprint density at radius 1 is 1.17 bits per heavy atom. The van der Waals surface area contributed by atoms with Crippen LogP contribution in [-0.2, 0) is 0 Å². The number of anilines is 3. The van der Waals surface area contributed by atoms with Gasteiger partial charge in [-0.05, 0) is 12.1 Å². The Kier molecular flexibility index (Phi) is 2.91. The fourth-order valence-electron chi connectivity index (χ4n) is 1.38. The van der Waals surface area contributed by atoms with E-state index in [9.17, 15) is 0 Å². The normalized spacial score (nSPS) is 10.4. The Balaban J connectivity index is 1.80. The highest BCUT2D eigenvalue weighted by Gasteiger charge is 2.06. The molecule has 0 aliphatic carbocycles. The molecule has 3 aromatic heterocycles. The van der Waals surface area contributed by atoms with E-state index in [1.54, 1.807) is 29.8 Å². The number of aromatic nitrogens is 3. The third-order valence-corrected chi connectivity index (χ3v) is 3.75. The van der Waals surface area contributed by atoms with Crippen LogP contribution in [0.1, 0.15) is 0 Å². The van der Waals surface area contributed by atoms with Gasteiger partial charge in [0.1, 0.15) is 16.5 Å². The number of nitrogen functional groups attached to an aromatic ring is 1. The molecule has 3 heterocycles. The molecular formula is C11H9N5S2. The van der Waals surface area contributed by atoms with Crippen molar-refractivity contribution in [3.8, 4) is 10.7 Å². The van der Waals surface area contributed by atoms with E-state index in [1.165, 1.54) is 11.3 Å². The molecule has 0 radical (unpaired) electrons. The molecule has 0 unspecified atom stereocenters. The first-order valence-corrected chi connectivity index (χ1v) is 6.91. The van der Waals surface area contributed by atoms with Crippen LogP contribution in [0, 0.1) is 0 Å². The van der Waals surface area contributed by atoms with Crippen molar-refractivity contribution in [2.24, 2.45) is 0 Å². The third kappa shape index (κ3) is 2.31. The summed E-state index contributed by atoms with van der Waals surface area (Å²) in [6.45, 7) is 0. The highest BCUT2D eigenvalue weighted by molar-refractivity contribution is 7.15. The predicted octanol–water partition coefficient (Wildman–Crippen LogP) is 2.99. The molecule has 5 nitrogen and oxygen atoms in total. The molecule has 0 aliphatic heterocycles. The Hall–Kier alpha value is -1.99. The molecule has 7 heteroatoms. The molecule has 0 amide bonds. The summed E-state index contributed by atoms with van der Waals surface area (Å²) in [4.78, 5) is 12.7. The number of hydrogen-bond acceptors (Lipinski definition) is 7. The van der Waals surface area contributed by atoms with Gasteiger partial charge < -0.3 is 11.1 Å². The first kappa shape index (κ1) is 11.1. The maximum Gasteiger partial charge on any atom is 0.187 e. The van der Waals surface area contributed by atoms with Crippen molar-refractivity contribution >= 4 is 39.3 Å². The van der Waals surface area contributed by atoms with Crippen LogP contribution in [0.4, 0.5) is 16.6 Å². The molecule has 3 N–H and O–H groups in total. The number of rotatable bonds is 3. The average molecular weight is 275 g/mol. The Bertz CT molecular complexity index is 630. The zero-order valence-corrected chi connectivity index (χ0v) is 10.8. The largest absolute Gasteiger partial charge is 0.384 e. The molecule has 0 saturated carbocycles. The molecule has 3 aromatic rings. The molecule has 0 saturated heterocycles. The number of hydrogen-bond donors (Lipinski definition) is 2. The van der Waals surface area contributed by atoms with Gasteiger partial charge in [0.15, 0.2) is 5.13 Å². The van der Waals surface area contributed by atoms with Crippen molar-refractivity contribution in [2.75, 3.05) is 11.1 Å². The fourth-order valence-corrected chi connectivity index (χ4v) is 2.77. The second-order valence-corrected chi connectivity index (χ2v) is 5.22. The van der Waals surface area contributed by atoms with E-state index in [0.29, 0.717) is 5.82 Å². The van der Waals surface area contributed by atoms with Gasteiger partial charge in [0, 0.05) is 17.0 Å². The van der Waals surface area contributed by atoms with Crippen molar-refractivity contribution in [1.82, 2.24) is 15.0 Å². The minimum atomic E-state index is 0.503. The molecule has 90 valence electrons. The zero-order chi connectivity index (χ0) is 12.4. The highest BCUT2D eigenvalue weighted by Crippen LogP contribution is 2.27. The van der Waals surface area contributed by atoms with E-state index in [4.69, 9.17) is 5.73 Å². The second kappa shape index (κ2) is 4.71. The quantitative estimate of drug-likeness (QED) is 0.768. The molecule has 18 heavy (non-hydrogen) atoms. The first-order valence-electron chi connectivity index (χ1n) is 5.15. The number of nitrogens with zero attached hydrogens (tertiary/aromatic N) is 3. The van der Waals surface area contributed by atoms with E-state index >= 15 is 0 Å². The summed E-state index contributed by atoms with van der Waals surface area (Å²) >= 11 is 3.11.